The Morgan fingerprint density at radius 3 is 2.36 bits per heavy atom. The summed E-state index contributed by atoms with van der Waals surface area (Å²) in [6.07, 6.45) is 6.03. The van der Waals surface area contributed by atoms with Gasteiger partial charge in [0.15, 0.2) is 0 Å². The van der Waals surface area contributed by atoms with Crippen molar-refractivity contribution in [3.63, 3.8) is 0 Å². The summed E-state index contributed by atoms with van der Waals surface area (Å²) in [6, 6.07) is -0.0891. The summed E-state index contributed by atoms with van der Waals surface area (Å²) in [4.78, 5) is 11.7. The molecule has 1 rings (SSSR count). The Morgan fingerprint density at radius 2 is 1.86 bits per heavy atom. The molecule has 1 aliphatic carbocycles. The van der Waals surface area contributed by atoms with Crippen LogP contribution in [-0.4, -0.2) is 24.5 Å². The van der Waals surface area contributed by atoms with Crippen LogP contribution in [0.25, 0.3) is 0 Å². The molecule has 0 aromatic heterocycles. The highest BCUT2D eigenvalue weighted by molar-refractivity contribution is 5.81. The smallest absolute Gasteiger partial charge is 0.237 e. The fourth-order valence-electron chi connectivity index (χ4n) is 1.99. The Labute approximate surface area is 86.6 Å². The number of carbonyl (C=O) groups excluding carboxylic acids is 1. The highest BCUT2D eigenvalue weighted by Gasteiger charge is 2.29. The summed E-state index contributed by atoms with van der Waals surface area (Å²) in [6.45, 7) is 4.05. The molecule has 0 spiro atoms. The van der Waals surface area contributed by atoms with Crippen molar-refractivity contribution in [3.8, 4) is 0 Å². The van der Waals surface area contributed by atoms with Crippen molar-refractivity contribution in [1.29, 1.82) is 0 Å². The largest absolute Gasteiger partial charge is 0.350 e. The maximum atomic E-state index is 11.7. The van der Waals surface area contributed by atoms with Crippen LogP contribution in [0, 0.1) is 0 Å². The molecule has 82 valence electrons. The molecule has 14 heavy (non-hydrogen) atoms. The molecule has 3 heteroatoms. The molecule has 0 saturated heterocycles. The van der Waals surface area contributed by atoms with Crippen LogP contribution in [0.1, 0.15) is 46.0 Å². The lowest BCUT2D eigenvalue weighted by Crippen LogP contribution is -2.52. The first-order chi connectivity index (χ1) is 6.57. The predicted octanol–water partition coefficient (Wildman–Crippen LogP) is 1.43. The summed E-state index contributed by atoms with van der Waals surface area (Å²) in [5.74, 6) is 0.122. The van der Waals surface area contributed by atoms with Gasteiger partial charge in [-0.05, 0) is 33.7 Å². The van der Waals surface area contributed by atoms with Gasteiger partial charge in [0.25, 0.3) is 0 Å². The zero-order chi connectivity index (χ0) is 10.6. The fraction of sp³-hybridized carbons (Fsp3) is 0.909. The lowest BCUT2D eigenvalue weighted by Gasteiger charge is -2.35. The van der Waals surface area contributed by atoms with Crippen molar-refractivity contribution in [2.24, 2.45) is 0 Å². The Bertz CT molecular complexity index is 197. The molecule has 1 amide bonds. The van der Waals surface area contributed by atoms with Crippen molar-refractivity contribution >= 4 is 5.91 Å². The Morgan fingerprint density at radius 1 is 1.29 bits per heavy atom. The number of nitrogens with one attached hydrogen (secondary N) is 2. The molecule has 0 aromatic rings. The van der Waals surface area contributed by atoms with Gasteiger partial charge < -0.3 is 10.6 Å². The molecule has 2 N–H and O–H groups in total. The third-order valence-electron chi connectivity index (χ3n) is 3.21. The van der Waals surface area contributed by atoms with E-state index in [1.807, 2.05) is 14.0 Å². The van der Waals surface area contributed by atoms with Crippen LogP contribution in [0.2, 0.25) is 0 Å². The van der Waals surface area contributed by atoms with Crippen LogP contribution in [0.5, 0.6) is 0 Å². The van der Waals surface area contributed by atoms with E-state index in [-0.39, 0.29) is 17.5 Å². The van der Waals surface area contributed by atoms with Crippen LogP contribution < -0.4 is 10.6 Å². The van der Waals surface area contributed by atoms with Gasteiger partial charge in [-0.25, -0.2) is 0 Å². The minimum Gasteiger partial charge on any atom is -0.350 e. The summed E-state index contributed by atoms with van der Waals surface area (Å²) >= 11 is 0. The first-order valence-electron chi connectivity index (χ1n) is 5.57. The zero-order valence-electron chi connectivity index (χ0n) is 9.52. The average Bonchev–Trinajstić information content (AvgIpc) is 2.17. The zero-order valence-corrected chi connectivity index (χ0v) is 9.52. The molecule has 1 atom stereocenters. The average molecular weight is 198 g/mol. The fourth-order valence-corrected chi connectivity index (χ4v) is 1.99. The van der Waals surface area contributed by atoms with Crippen LogP contribution in [0.15, 0.2) is 0 Å². The van der Waals surface area contributed by atoms with E-state index in [9.17, 15) is 4.79 Å². The third kappa shape index (κ3) is 2.98. The van der Waals surface area contributed by atoms with Crippen molar-refractivity contribution in [3.05, 3.63) is 0 Å². The van der Waals surface area contributed by atoms with Crippen molar-refractivity contribution in [2.75, 3.05) is 7.05 Å². The summed E-state index contributed by atoms with van der Waals surface area (Å²) in [5, 5.41) is 6.10. The highest BCUT2D eigenvalue weighted by Crippen LogP contribution is 2.27. The molecule has 0 heterocycles. The lowest BCUT2D eigenvalue weighted by atomic mass is 9.83. The van der Waals surface area contributed by atoms with Gasteiger partial charge in [0.2, 0.25) is 5.91 Å². The maximum absolute atomic E-state index is 11.7. The van der Waals surface area contributed by atoms with Gasteiger partial charge in [0, 0.05) is 5.54 Å². The van der Waals surface area contributed by atoms with Gasteiger partial charge in [0.05, 0.1) is 6.04 Å². The second-order valence-electron chi connectivity index (χ2n) is 4.62. The molecular formula is C11H22N2O. The monoisotopic (exact) mass is 198 g/mol. The maximum Gasteiger partial charge on any atom is 0.237 e. The number of amides is 1. The summed E-state index contributed by atoms with van der Waals surface area (Å²) in [5.41, 5.74) is 0.0421. The van der Waals surface area contributed by atoms with E-state index in [2.05, 4.69) is 17.6 Å². The van der Waals surface area contributed by atoms with E-state index in [1.54, 1.807) is 0 Å². The first-order valence-corrected chi connectivity index (χ1v) is 5.57. The minimum absolute atomic E-state index is 0.0421. The Hall–Kier alpha value is -0.570. The normalized spacial score (nSPS) is 22.8. The van der Waals surface area contributed by atoms with Crippen molar-refractivity contribution in [1.82, 2.24) is 10.6 Å². The Kier molecular flexibility index (Phi) is 3.93. The van der Waals surface area contributed by atoms with E-state index in [0.29, 0.717) is 0 Å². The van der Waals surface area contributed by atoms with Gasteiger partial charge in [-0.2, -0.15) is 0 Å². The molecule has 0 radical (unpaired) electrons. The van der Waals surface area contributed by atoms with E-state index < -0.39 is 0 Å². The number of hydrogen-bond donors (Lipinski definition) is 2. The van der Waals surface area contributed by atoms with Gasteiger partial charge in [-0.1, -0.05) is 19.3 Å². The predicted molar refractivity (Wildman–Crippen MR) is 58.2 cm³/mol. The molecule has 0 bridgehead atoms. The van der Waals surface area contributed by atoms with Gasteiger partial charge >= 0.3 is 0 Å². The second kappa shape index (κ2) is 4.78. The topological polar surface area (TPSA) is 41.1 Å². The number of hydrogen-bond acceptors (Lipinski definition) is 2. The molecule has 0 aromatic carbocycles. The van der Waals surface area contributed by atoms with E-state index in [4.69, 9.17) is 0 Å². The van der Waals surface area contributed by atoms with E-state index >= 15 is 0 Å². The SMILES string of the molecule is CN[C@@H](C)C(=O)NC1(C)CCCCC1. The van der Waals surface area contributed by atoms with Crippen molar-refractivity contribution in [2.45, 2.75) is 57.5 Å². The van der Waals surface area contributed by atoms with Crippen LogP contribution >= 0.6 is 0 Å². The van der Waals surface area contributed by atoms with E-state index in [0.717, 1.165) is 12.8 Å². The molecule has 0 aliphatic heterocycles. The number of rotatable bonds is 3. The van der Waals surface area contributed by atoms with Gasteiger partial charge in [-0.15, -0.1) is 0 Å². The highest BCUT2D eigenvalue weighted by atomic mass is 16.2. The number of likely N-dealkylation sites (N-methyl/N-ethyl adjacent to an activating group) is 1. The quantitative estimate of drug-likeness (QED) is 0.720. The van der Waals surface area contributed by atoms with Gasteiger partial charge in [0.1, 0.15) is 0 Å². The van der Waals surface area contributed by atoms with Gasteiger partial charge in [-0.3, -0.25) is 4.79 Å². The van der Waals surface area contributed by atoms with E-state index in [1.165, 1.54) is 19.3 Å². The first kappa shape index (κ1) is 11.5. The molecule has 1 aliphatic rings. The molecule has 0 unspecified atom stereocenters. The molecule has 1 fully saturated rings. The molecule has 3 nitrogen and oxygen atoms in total. The van der Waals surface area contributed by atoms with Crippen LogP contribution in [0.3, 0.4) is 0 Å². The van der Waals surface area contributed by atoms with Crippen LogP contribution in [0.4, 0.5) is 0 Å². The Balaban J connectivity index is 2.44. The summed E-state index contributed by atoms with van der Waals surface area (Å²) < 4.78 is 0. The summed E-state index contributed by atoms with van der Waals surface area (Å²) in [7, 11) is 1.81. The lowest BCUT2D eigenvalue weighted by molar-refractivity contribution is -0.124. The second-order valence-corrected chi connectivity index (χ2v) is 4.62. The number of carbonyl (C=O) groups is 1. The molecular weight excluding hydrogens is 176 g/mol. The van der Waals surface area contributed by atoms with Crippen molar-refractivity contribution < 1.29 is 4.79 Å². The third-order valence-corrected chi connectivity index (χ3v) is 3.21. The minimum atomic E-state index is -0.0891. The molecule has 1 saturated carbocycles. The van der Waals surface area contributed by atoms with Crippen LogP contribution in [-0.2, 0) is 4.79 Å². The standard InChI is InChI=1S/C11H22N2O/c1-9(12-3)10(14)13-11(2)7-5-4-6-8-11/h9,12H,4-8H2,1-3H3,(H,13,14)/t9-/m0/s1.